The Morgan fingerprint density at radius 1 is 1.41 bits per heavy atom. The largest absolute Gasteiger partial charge is 0.357 e. The third-order valence-electron chi connectivity index (χ3n) is 3.60. The lowest BCUT2D eigenvalue weighted by atomic mass is 10.1. The van der Waals surface area contributed by atoms with Gasteiger partial charge in [0.15, 0.2) is 5.96 Å². The van der Waals surface area contributed by atoms with Gasteiger partial charge in [-0.3, -0.25) is 0 Å². The summed E-state index contributed by atoms with van der Waals surface area (Å²) in [7, 11) is 0. The molecule has 7 heteroatoms. The van der Waals surface area contributed by atoms with Crippen molar-refractivity contribution in [3.05, 3.63) is 16.1 Å². The predicted octanol–water partition coefficient (Wildman–Crippen LogP) is 3.66. The molecule has 1 fully saturated rings. The standard InChI is InChI=1S/C15H26N4S2.HI/c1-4-12-9-17-13(21-12)10-18-14(16-5-2)19-11-15(3)7-6-8-20-15;/h9H,4-8,10-11H2,1-3H3,(H2,16,18,19);1H. The molecule has 1 saturated heterocycles. The molecule has 0 amide bonds. The van der Waals surface area contributed by atoms with Crippen molar-refractivity contribution in [2.75, 3.05) is 18.8 Å². The van der Waals surface area contributed by atoms with E-state index in [1.807, 2.05) is 6.20 Å². The molecule has 2 N–H and O–H groups in total. The summed E-state index contributed by atoms with van der Waals surface area (Å²) in [6, 6.07) is 0. The van der Waals surface area contributed by atoms with Crippen LogP contribution in [0, 0.1) is 0 Å². The molecule has 4 nitrogen and oxygen atoms in total. The molecule has 22 heavy (non-hydrogen) atoms. The van der Waals surface area contributed by atoms with Gasteiger partial charge in [0, 0.05) is 28.9 Å². The molecule has 1 aromatic rings. The summed E-state index contributed by atoms with van der Waals surface area (Å²) in [5.41, 5.74) is 0. The molecule has 1 unspecified atom stereocenters. The van der Waals surface area contributed by atoms with Gasteiger partial charge in [0.05, 0.1) is 6.54 Å². The number of aromatic nitrogens is 1. The summed E-state index contributed by atoms with van der Waals surface area (Å²) < 4.78 is 0.354. The van der Waals surface area contributed by atoms with E-state index in [4.69, 9.17) is 0 Å². The van der Waals surface area contributed by atoms with Crippen LogP contribution in [-0.4, -0.2) is 34.5 Å². The van der Waals surface area contributed by atoms with Crippen molar-refractivity contribution in [3.63, 3.8) is 0 Å². The summed E-state index contributed by atoms with van der Waals surface area (Å²) in [5.74, 6) is 2.18. The van der Waals surface area contributed by atoms with E-state index in [2.05, 4.69) is 53.1 Å². The number of guanidine groups is 1. The fourth-order valence-electron chi connectivity index (χ4n) is 2.32. The molecule has 126 valence electrons. The highest BCUT2D eigenvalue weighted by molar-refractivity contribution is 14.0. The molecule has 1 aromatic heterocycles. The second kappa shape index (κ2) is 9.97. The van der Waals surface area contributed by atoms with Gasteiger partial charge in [0.25, 0.3) is 0 Å². The summed E-state index contributed by atoms with van der Waals surface area (Å²) >= 11 is 3.83. The minimum atomic E-state index is 0. The number of rotatable bonds is 6. The number of hydrogen-bond donors (Lipinski definition) is 2. The van der Waals surface area contributed by atoms with E-state index >= 15 is 0 Å². The van der Waals surface area contributed by atoms with E-state index < -0.39 is 0 Å². The monoisotopic (exact) mass is 454 g/mol. The van der Waals surface area contributed by atoms with E-state index in [0.29, 0.717) is 11.3 Å². The van der Waals surface area contributed by atoms with E-state index in [1.54, 1.807) is 11.3 Å². The number of nitrogens with one attached hydrogen (secondary N) is 2. The first-order valence-electron chi connectivity index (χ1n) is 7.75. The third kappa shape index (κ3) is 6.23. The topological polar surface area (TPSA) is 49.3 Å². The van der Waals surface area contributed by atoms with Gasteiger partial charge in [-0.15, -0.1) is 35.3 Å². The third-order valence-corrected chi connectivity index (χ3v) is 6.26. The first-order valence-corrected chi connectivity index (χ1v) is 9.55. The van der Waals surface area contributed by atoms with E-state index in [0.717, 1.165) is 30.5 Å². The van der Waals surface area contributed by atoms with Crippen LogP contribution in [0.2, 0.25) is 0 Å². The van der Waals surface area contributed by atoms with Gasteiger partial charge in [-0.25, -0.2) is 9.98 Å². The number of thioether (sulfide) groups is 1. The SMILES string of the molecule is CCNC(=NCc1ncc(CC)s1)NCC1(C)CCCS1.I. The smallest absolute Gasteiger partial charge is 0.191 e. The van der Waals surface area contributed by atoms with Gasteiger partial charge in [-0.2, -0.15) is 11.8 Å². The number of aryl methyl sites for hydroxylation is 1. The van der Waals surface area contributed by atoms with Crippen molar-refractivity contribution in [2.45, 2.75) is 51.3 Å². The average molecular weight is 454 g/mol. The van der Waals surface area contributed by atoms with E-state index in [1.165, 1.54) is 23.5 Å². The highest BCUT2D eigenvalue weighted by atomic mass is 127. The van der Waals surface area contributed by atoms with Crippen molar-refractivity contribution in [2.24, 2.45) is 4.99 Å². The van der Waals surface area contributed by atoms with Crippen LogP contribution in [0.5, 0.6) is 0 Å². The van der Waals surface area contributed by atoms with Crippen molar-refractivity contribution in [1.82, 2.24) is 15.6 Å². The lowest BCUT2D eigenvalue weighted by molar-refractivity contribution is 0.584. The Morgan fingerprint density at radius 3 is 2.82 bits per heavy atom. The van der Waals surface area contributed by atoms with Gasteiger partial charge in [-0.05, 0) is 38.9 Å². The zero-order valence-corrected chi connectivity index (χ0v) is 17.6. The second-order valence-electron chi connectivity index (χ2n) is 5.52. The van der Waals surface area contributed by atoms with Crippen LogP contribution in [0.1, 0.15) is 43.5 Å². The molecule has 2 rings (SSSR count). The molecule has 2 heterocycles. The van der Waals surface area contributed by atoms with Gasteiger partial charge >= 0.3 is 0 Å². The van der Waals surface area contributed by atoms with Gasteiger partial charge in [0.2, 0.25) is 0 Å². The predicted molar refractivity (Wildman–Crippen MR) is 110 cm³/mol. The Labute approximate surface area is 159 Å². The molecule has 1 atom stereocenters. The summed E-state index contributed by atoms with van der Waals surface area (Å²) in [5, 5.41) is 7.90. The van der Waals surface area contributed by atoms with Gasteiger partial charge < -0.3 is 10.6 Å². The van der Waals surface area contributed by atoms with Crippen molar-refractivity contribution in [3.8, 4) is 0 Å². The van der Waals surface area contributed by atoms with Crippen molar-refractivity contribution < 1.29 is 0 Å². The van der Waals surface area contributed by atoms with Gasteiger partial charge in [-0.1, -0.05) is 6.92 Å². The molecule has 0 saturated carbocycles. The van der Waals surface area contributed by atoms with Gasteiger partial charge in [0.1, 0.15) is 5.01 Å². The first kappa shape index (κ1) is 20.0. The zero-order chi connectivity index (χ0) is 15.1. The number of nitrogens with zero attached hydrogens (tertiary/aromatic N) is 2. The van der Waals surface area contributed by atoms with Crippen LogP contribution < -0.4 is 10.6 Å². The van der Waals surface area contributed by atoms with Crippen LogP contribution >= 0.6 is 47.1 Å². The zero-order valence-electron chi connectivity index (χ0n) is 13.6. The average Bonchev–Trinajstić information content (AvgIpc) is 3.11. The summed E-state index contributed by atoms with van der Waals surface area (Å²) in [6.07, 6.45) is 5.63. The minimum absolute atomic E-state index is 0. The molecule has 0 spiro atoms. The van der Waals surface area contributed by atoms with Crippen molar-refractivity contribution >= 4 is 53.0 Å². The highest BCUT2D eigenvalue weighted by Gasteiger charge is 2.29. The normalized spacial score (nSPS) is 21.5. The van der Waals surface area contributed by atoms with Crippen LogP contribution in [0.4, 0.5) is 0 Å². The summed E-state index contributed by atoms with van der Waals surface area (Å²) in [4.78, 5) is 10.4. The molecule has 0 aliphatic carbocycles. The molecule has 1 aliphatic rings. The lowest BCUT2D eigenvalue weighted by Gasteiger charge is -2.24. The second-order valence-corrected chi connectivity index (χ2v) is 8.41. The van der Waals surface area contributed by atoms with Crippen LogP contribution in [0.15, 0.2) is 11.2 Å². The number of halogens is 1. The molecule has 0 radical (unpaired) electrons. The van der Waals surface area contributed by atoms with E-state index in [-0.39, 0.29) is 24.0 Å². The molecular weight excluding hydrogens is 427 g/mol. The Bertz CT molecular complexity index is 470. The molecular formula is C15H27IN4S2. The van der Waals surface area contributed by atoms with Crippen LogP contribution in [-0.2, 0) is 13.0 Å². The first-order chi connectivity index (χ1) is 10.1. The van der Waals surface area contributed by atoms with Crippen LogP contribution in [0.25, 0.3) is 0 Å². The Balaban J connectivity index is 0.00000242. The van der Waals surface area contributed by atoms with Crippen molar-refractivity contribution in [1.29, 1.82) is 0 Å². The molecule has 1 aliphatic heterocycles. The quantitative estimate of drug-likeness (QED) is 0.391. The number of thiazole rings is 1. The Kier molecular flexibility index (Phi) is 9.08. The maximum absolute atomic E-state index is 4.66. The van der Waals surface area contributed by atoms with Crippen LogP contribution in [0.3, 0.4) is 0 Å². The molecule has 0 bridgehead atoms. The van der Waals surface area contributed by atoms with E-state index in [9.17, 15) is 0 Å². The number of hydrogen-bond acceptors (Lipinski definition) is 4. The fraction of sp³-hybridized carbons (Fsp3) is 0.733. The minimum Gasteiger partial charge on any atom is -0.357 e. The lowest BCUT2D eigenvalue weighted by Crippen LogP contribution is -2.43. The Morgan fingerprint density at radius 2 is 2.23 bits per heavy atom. The number of aliphatic imine (C=N–C) groups is 1. The maximum atomic E-state index is 4.66. The fourth-order valence-corrected chi connectivity index (χ4v) is 4.35. The highest BCUT2D eigenvalue weighted by Crippen LogP contribution is 2.36. The Hall–Kier alpha value is -0.0200. The maximum Gasteiger partial charge on any atom is 0.191 e. The molecule has 0 aromatic carbocycles. The summed E-state index contributed by atoms with van der Waals surface area (Å²) in [6.45, 7) is 9.11.